The molecule has 0 aromatic heterocycles. The summed E-state index contributed by atoms with van der Waals surface area (Å²) < 4.78 is 308. The average molecular weight is 1050 g/mol. The number of hydrogen-bond acceptors (Lipinski definition) is 0. The summed E-state index contributed by atoms with van der Waals surface area (Å²) in [4.78, 5) is 0. The quantitative estimate of drug-likeness (QED) is 0.0444. The van der Waals surface area contributed by atoms with Gasteiger partial charge in [0.05, 0.1) is 6.16 Å². The molecule has 0 saturated heterocycles. The second-order valence-electron chi connectivity index (χ2n) is 15.4. The molecule has 72 heavy (non-hydrogen) atoms. The highest BCUT2D eigenvalue weighted by Gasteiger charge is 2.52. The molecule has 0 nitrogen and oxygen atoms in total. The molecule has 0 aliphatic heterocycles. The van der Waals surface area contributed by atoms with E-state index in [1.807, 2.05) is 6.07 Å². The van der Waals surface area contributed by atoms with E-state index >= 15 is 35.1 Å². The Morgan fingerprint density at radius 1 is 0.250 bits per heavy atom. The zero-order valence-electron chi connectivity index (χ0n) is 35.1. The Morgan fingerprint density at radius 2 is 0.472 bits per heavy atom. The van der Waals surface area contributed by atoms with Crippen molar-refractivity contribution >= 4 is 51.2 Å². The Balaban J connectivity index is 0.000000238. The van der Waals surface area contributed by atoms with Crippen LogP contribution in [0.15, 0.2) is 115 Å². The van der Waals surface area contributed by atoms with E-state index in [1.54, 1.807) is 12.1 Å². The molecule has 8 aromatic rings. The van der Waals surface area contributed by atoms with Gasteiger partial charge in [0.15, 0.2) is 69.8 Å². The Kier molecular flexibility index (Phi) is 14.7. The highest BCUT2D eigenvalue weighted by molar-refractivity contribution is 7.95. The van der Waals surface area contributed by atoms with E-state index in [9.17, 15) is 57.1 Å². The van der Waals surface area contributed by atoms with Gasteiger partial charge < -0.3 is 0 Å². The monoisotopic (exact) mass is 1050 g/mol. The van der Waals surface area contributed by atoms with Gasteiger partial charge in [0.2, 0.25) is 0 Å². The number of hydrogen-bond donors (Lipinski definition) is 0. The molecule has 0 atom stereocenters. The van der Waals surface area contributed by atoms with Crippen LogP contribution in [0, 0.1) is 122 Å². The van der Waals surface area contributed by atoms with Crippen molar-refractivity contribution in [3.8, 4) is 0 Å². The molecule has 0 spiro atoms. The van der Waals surface area contributed by atoms with Gasteiger partial charge in [0.1, 0.15) is 81.7 Å². The molecule has 8 aromatic carbocycles. The minimum absolute atomic E-state index is 0.181. The third-order valence-corrected chi connectivity index (χ3v) is 16.0. The van der Waals surface area contributed by atoms with E-state index in [4.69, 9.17) is 0 Å². The van der Waals surface area contributed by atoms with Crippen LogP contribution in [0.4, 0.5) is 92.2 Å². The lowest BCUT2D eigenvalue weighted by Gasteiger charge is -2.44. The van der Waals surface area contributed by atoms with Gasteiger partial charge in [-0.1, -0.05) is 66.7 Å². The van der Waals surface area contributed by atoms with E-state index in [1.165, 1.54) is 22.0 Å². The summed E-state index contributed by atoms with van der Waals surface area (Å²) >= 11 is 0. The second-order valence-corrected chi connectivity index (χ2v) is 18.9. The van der Waals surface area contributed by atoms with E-state index in [0.717, 1.165) is 11.7 Å². The number of halogens is 21. The van der Waals surface area contributed by atoms with Gasteiger partial charge in [-0.25, -0.2) is 92.2 Å². The molecule has 8 rings (SSSR count). The first-order valence-electron chi connectivity index (χ1n) is 20.0. The smallest absolute Gasteiger partial charge is 0.200 e. The maximum absolute atomic E-state index is 15.4. The highest BCUT2D eigenvalue weighted by atomic mass is 31.2. The molecular formula is C49H21BF21P. The largest absolute Gasteiger partial charge is 0.207 e. The molecule has 23 heteroatoms. The summed E-state index contributed by atoms with van der Waals surface area (Å²) in [5.41, 5.74) is -13.3. The van der Waals surface area contributed by atoms with E-state index in [0.29, 0.717) is 0 Å². The molecule has 0 heterocycles. The number of rotatable bonds is 9. The molecule has 0 fully saturated rings. The molecule has 0 aliphatic carbocycles. The van der Waals surface area contributed by atoms with Crippen molar-refractivity contribution in [1.82, 2.24) is 0 Å². The summed E-state index contributed by atoms with van der Waals surface area (Å²) in [5, 5.41) is 3.94. The van der Waals surface area contributed by atoms with Crippen LogP contribution >= 0.6 is 7.26 Å². The van der Waals surface area contributed by atoms with Crippen molar-refractivity contribution in [3.63, 3.8) is 0 Å². The van der Waals surface area contributed by atoms with Crippen LogP contribution in [0.5, 0.6) is 0 Å². The standard InChI is InChI=1S/C25H21FP.C24BF20/c26-22-12-10-11-21(19-22)20-27(23-13-4-1-5-14-23,24-15-6-2-7-16-24)25-17-8-3-9-18-25;26-5-1(6(27)14(35)21(42)13(5)34)25(2-7(28)15(36)22(43)16(37)8(2)29,3-9(30)17(38)23(44)18(39)10(3)31)4-11(32)19(40)24(45)20(41)12(4)33/h1-19H,20H2;/q+1;-1. The van der Waals surface area contributed by atoms with Crippen molar-refractivity contribution in [2.45, 2.75) is 6.16 Å². The van der Waals surface area contributed by atoms with Crippen molar-refractivity contribution in [2.75, 3.05) is 0 Å². The molecule has 0 saturated carbocycles. The number of benzene rings is 8. The maximum atomic E-state index is 15.4. The fraction of sp³-hybridized carbons (Fsp3) is 0.0204. The van der Waals surface area contributed by atoms with Gasteiger partial charge in [0, 0.05) is 0 Å². The maximum Gasteiger partial charge on any atom is 0.200 e. The molecule has 0 unspecified atom stereocenters. The first-order valence-corrected chi connectivity index (χ1v) is 22.0. The zero-order chi connectivity index (χ0) is 52.9. The predicted octanol–water partition coefficient (Wildman–Crippen LogP) is 11.2. The van der Waals surface area contributed by atoms with Gasteiger partial charge in [-0.15, -0.1) is 21.9 Å². The Labute approximate surface area is 391 Å². The summed E-state index contributed by atoms with van der Waals surface area (Å²) in [5.74, 6) is -71.6. The lowest BCUT2D eigenvalue weighted by atomic mass is 9.12. The molecule has 372 valence electrons. The molecular weight excluding hydrogens is 1030 g/mol. The normalized spacial score (nSPS) is 11.7. The first-order chi connectivity index (χ1) is 34.0. The van der Waals surface area contributed by atoms with E-state index in [-0.39, 0.29) is 5.82 Å². The SMILES string of the molecule is Fc1c(F)c(F)c([B-](c2c(F)c(F)c(F)c(F)c2F)(c2c(F)c(F)c(F)c(F)c2F)c2c(F)c(F)c(F)c(F)c2F)c(F)c1F.Fc1cccc(C[P+](c2ccccc2)(c2ccccc2)c2ccccc2)c1. The summed E-state index contributed by atoms with van der Waals surface area (Å²) in [7, 11) is -1.96. The van der Waals surface area contributed by atoms with Crippen molar-refractivity contribution < 1.29 is 92.2 Å². The van der Waals surface area contributed by atoms with Crippen LogP contribution in [0.1, 0.15) is 5.56 Å². The third-order valence-electron chi connectivity index (χ3n) is 11.6. The highest BCUT2D eigenvalue weighted by Crippen LogP contribution is 2.58. The summed E-state index contributed by atoms with van der Waals surface area (Å²) in [6.45, 7) is 0. The van der Waals surface area contributed by atoms with Gasteiger partial charge >= 0.3 is 0 Å². The van der Waals surface area contributed by atoms with Crippen molar-refractivity contribution in [1.29, 1.82) is 0 Å². The third kappa shape index (κ3) is 8.31. The van der Waals surface area contributed by atoms with Gasteiger partial charge in [-0.2, -0.15) is 0 Å². The fourth-order valence-electron chi connectivity index (χ4n) is 8.55. The van der Waals surface area contributed by atoms with E-state index < -0.39 is 152 Å². The lowest BCUT2D eigenvalue weighted by molar-refractivity contribution is 0.378. The predicted molar refractivity (Wildman–Crippen MR) is 224 cm³/mol. The molecule has 0 radical (unpaired) electrons. The van der Waals surface area contributed by atoms with Crippen LogP contribution in [-0.4, -0.2) is 6.15 Å². The van der Waals surface area contributed by atoms with Crippen LogP contribution in [0.2, 0.25) is 0 Å². The summed E-state index contributed by atoms with van der Waals surface area (Å²) in [6.07, 6.45) is -6.42. The topological polar surface area (TPSA) is 0 Å². The van der Waals surface area contributed by atoms with Gasteiger partial charge in [-0.3, -0.25) is 0 Å². The minimum atomic E-state index is -7.22. The van der Waals surface area contributed by atoms with Crippen LogP contribution in [0.25, 0.3) is 0 Å². The Hall–Kier alpha value is -7.22. The minimum Gasteiger partial charge on any atom is -0.207 e. The average Bonchev–Trinajstić information content (AvgIpc) is 3.38. The molecule has 0 aliphatic rings. The van der Waals surface area contributed by atoms with Crippen LogP contribution in [-0.2, 0) is 6.16 Å². The van der Waals surface area contributed by atoms with Gasteiger partial charge in [0.25, 0.3) is 0 Å². The van der Waals surface area contributed by atoms with E-state index in [2.05, 4.69) is 91.0 Å². The second kappa shape index (κ2) is 20.1. The molecule has 0 amide bonds. The summed E-state index contributed by atoms with van der Waals surface area (Å²) in [6, 6.07) is 39.1. The van der Waals surface area contributed by atoms with Crippen molar-refractivity contribution in [3.05, 3.63) is 243 Å². The lowest BCUT2D eigenvalue weighted by Crippen LogP contribution is -2.81. The van der Waals surface area contributed by atoms with Crippen LogP contribution in [0.3, 0.4) is 0 Å². The van der Waals surface area contributed by atoms with Gasteiger partial charge in [-0.05, 0) is 54.1 Å². The Morgan fingerprint density at radius 3 is 0.694 bits per heavy atom. The first kappa shape index (κ1) is 52.6. The van der Waals surface area contributed by atoms with Crippen molar-refractivity contribution in [2.24, 2.45) is 0 Å². The van der Waals surface area contributed by atoms with Crippen LogP contribution < -0.4 is 37.8 Å². The zero-order valence-corrected chi connectivity index (χ0v) is 36.0. The fourth-order valence-corrected chi connectivity index (χ4v) is 12.8. The molecule has 0 N–H and O–H groups in total. The molecule has 0 bridgehead atoms. The Bertz CT molecular complexity index is 2920.